The minimum absolute atomic E-state index is 0.639. The molecule has 1 fully saturated rings. The average molecular weight is 247 g/mol. The first-order valence-corrected chi connectivity index (χ1v) is 7.06. The summed E-state index contributed by atoms with van der Waals surface area (Å²) < 4.78 is 0. The van der Waals surface area contributed by atoms with Crippen LogP contribution in [0, 0.1) is 5.92 Å². The third-order valence-electron chi connectivity index (χ3n) is 3.52. The van der Waals surface area contributed by atoms with Gasteiger partial charge in [0.25, 0.3) is 0 Å². The van der Waals surface area contributed by atoms with Crippen molar-refractivity contribution in [2.75, 3.05) is 6.54 Å². The summed E-state index contributed by atoms with van der Waals surface area (Å²) in [6.07, 6.45) is 3.84. The lowest BCUT2D eigenvalue weighted by Gasteiger charge is -2.15. The summed E-state index contributed by atoms with van der Waals surface area (Å²) in [5, 5.41) is 1.68. The number of hydrogen-bond acceptors (Lipinski definition) is 3. The fraction of sp³-hybridized carbons (Fsp3) is 0.462. The predicted molar refractivity (Wildman–Crippen MR) is 72.1 cm³/mol. The van der Waals surface area contributed by atoms with Crippen LogP contribution in [0.5, 0.6) is 0 Å². The van der Waals surface area contributed by atoms with Crippen LogP contribution in [0.3, 0.4) is 0 Å². The zero-order chi connectivity index (χ0) is 11.7. The van der Waals surface area contributed by atoms with Crippen LogP contribution in [0.4, 0.5) is 0 Å². The van der Waals surface area contributed by atoms with Gasteiger partial charge in [-0.1, -0.05) is 30.3 Å². The smallest absolute Gasteiger partial charge is 0.166 e. The molecular weight excluding hydrogens is 230 g/mol. The molecule has 1 aliphatic carbocycles. The summed E-state index contributed by atoms with van der Waals surface area (Å²) in [6, 6.07) is 8.18. The van der Waals surface area contributed by atoms with E-state index in [1.807, 2.05) is 30.0 Å². The Balaban J connectivity index is 1.80. The van der Waals surface area contributed by atoms with Gasteiger partial charge < -0.3 is 10.7 Å². The van der Waals surface area contributed by atoms with Crippen LogP contribution in [-0.2, 0) is 0 Å². The molecule has 2 unspecified atom stereocenters. The van der Waals surface area contributed by atoms with E-state index in [9.17, 15) is 0 Å². The zero-order valence-electron chi connectivity index (χ0n) is 9.73. The molecule has 2 aromatic rings. The number of fused-ring (bicyclic) bond motifs is 1. The number of rotatable bonds is 3. The summed E-state index contributed by atoms with van der Waals surface area (Å²) in [5.41, 5.74) is 7.98. The number of thioether (sulfide) groups is 1. The molecule has 3 rings (SSSR count). The van der Waals surface area contributed by atoms with Gasteiger partial charge in [-0.05, 0) is 37.4 Å². The molecular formula is C13H17N3S. The van der Waals surface area contributed by atoms with Gasteiger partial charge in [-0.2, -0.15) is 0 Å². The van der Waals surface area contributed by atoms with Gasteiger partial charge >= 0.3 is 0 Å². The molecule has 3 nitrogen and oxygen atoms in total. The zero-order valence-corrected chi connectivity index (χ0v) is 10.5. The summed E-state index contributed by atoms with van der Waals surface area (Å²) in [5.74, 6) is 0.660. The number of para-hydroxylation sites is 2. The molecule has 2 atom stereocenters. The maximum Gasteiger partial charge on any atom is 0.166 e. The maximum absolute atomic E-state index is 5.81. The van der Waals surface area contributed by atoms with Gasteiger partial charge in [0.15, 0.2) is 5.16 Å². The summed E-state index contributed by atoms with van der Waals surface area (Å²) in [6.45, 7) is 0.803. The van der Waals surface area contributed by atoms with Crippen LogP contribution >= 0.6 is 11.8 Å². The van der Waals surface area contributed by atoms with Crippen molar-refractivity contribution in [3.8, 4) is 0 Å². The monoisotopic (exact) mass is 247 g/mol. The van der Waals surface area contributed by atoms with Crippen molar-refractivity contribution < 1.29 is 0 Å². The quantitative estimate of drug-likeness (QED) is 0.877. The molecule has 17 heavy (non-hydrogen) atoms. The van der Waals surface area contributed by atoms with Crippen molar-refractivity contribution in [1.82, 2.24) is 9.97 Å². The number of hydrogen-bond donors (Lipinski definition) is 2. The van der Waals surface area contributed by atoms with Gasteiger partial charge in [-0.15, -0.1) is 0 Å². The van der Waals surface area contributed by atoms with Crippen molar-refractivity contribution in [3.63, 3.8) is 0 Å². The number of H-pyrrole nitrogens is 1. The Morgan fingerprint density at radius 3 is 3.06 bits per heavy atom. The second-order valence-corrected chi connectivity index (χ2v) is 5.87. The number of nitrogens with one attached hydrogen (secondary N) is 1. The predicted octanol–water partition coefficient (Wildman–Crippen LogP) is 2.78. The highest BCUT2D eigenvalue weighted by molar-refractivity contribution is 7.99. The first-order chi connectivity index (χ1) is 8.36. The topological polar surface area (TPSA) is 54.7 Å². The van der Waals surface area contributed by atoms with E-state index in [2.05, 4.69) is 16.0 Å². The molecule has 1 heterocycles. The first kappa shape index (κ1) is 11.1. The van der Waals surface area contributed by atoms with Gasteiger partial charge in [-0.25, -0.2) is 4.98 Å². The highest BCUT2D eigenvalue weighted by Gasteiger charge is 2.27. The highest BCUT2D eigenvalue weighted by atomic mass is 32.2. The minimum Gasteiger partial charge on any atom is -0.333 e. The molecule has 1 aromatic carbocycles. The van der Waals surface area contributed by atoms with Gasteiger partial charge in [0, 0.05) is 5.25 Å². The third-order valence-corrected chi connectivity index (χ3v) is 4.86. The van der Waals surface area contributed by atoms with Crippen LogP contribution in [0.1, 0.15) is 19.3 Å². The molecule has 0 amide bonds. The molecule has 0 bridgehead atoms. The lowest BCUT2D eigenvalue weighted by Crippen LogP contribution is -2.20. The maximum atomic E-state index is 5.81. The standard InChI is InChI=1S/C13H17N3S/c14-8-9-4-3-7-12(9)17-13-15-10-5-1-2-6-11(10)16-13/h1-2,5-6,9,12H,3-4,7-8,14H2,(H,15,16). The van der Waals surface area contributed by atoms with E-state index in [0.29, 0.717) is 11.2 Å². The molecule has 0 radical (unpaired) electrons. The van der Waals surface area contributed by atoms with Crippen molar-refractivity contribution >= 4 is 22.8 Å². The molecule has 4 heteroatoms. The number of aromatic nitrogens is 2. The van der Waals surface area contributed by atoms with Crippen molar-refractivity contribution in [1.29, 1.82) is 0 Å². The Hall–Kier alpha value is -1.00. The number of nitrogens with zero attached hydrogens (tertiary/aromatic N) is 1. The van der Waals surface area contributed by atoms with Crippen LogP contribution in [0.2, 0.25) is 0 Å². The first-order valence-electron chi connectivity index (χ1n) is 6.18. The number of benzene rings is 1. The lowest BCUT2D eigenvalue weighted by molar-refractivity contribution is 0.572. The Bertz CT molecular complexity index is 475. The molecule has 3 N–H and O–H groups in total. The van der Waals surface area contributed by atoms with Crippen molar-refractivity contribution in [3.05, 3.63) is 24.3 Å². The Kier molecular flexibility index (Phi) is 3.07. The van der Waals surface area contributed by atoms with Crippen LogP contribution in [-0.4, -0.2) is 21.8 Å². The molecule has 0 spiro atoms. The molecule has 0 saturated heterocycles. The summed E-state index contributed by atoms with van der Waals surface area (Å²) in [7, 11) is 0. The van der Waals surface area contributed by atoms with E-state index in [1.165, 1.54) is 19.3 Å². The largest absolute Gasteiger partial charge is 0.333 e. The Labute approximate surface area is 105 Å². The van der Waals surface area contributed by atoms with E-state index >= 15 is 0 Å². The molecule has 1 aliphatic rings. The van der Waals surface area contributed by atoms with Crippen molar-refractivity contribution in [2.24, 2.45) is 11.7 Å². The van der Waals surface area contributed by atoms with Crippen LogP contribution in [0.15, 0.2) is 29.4 Å². The Morgan fingerprint density at radius 2 is 2.24 bits per heavy atom. The molecule has 90 valence electrons. The van der Waals surface area contributed by atoms with E-state index in [1.54, 1.807) is 0 Å². The number of aromatic amines is 1. The second kappa shape index (κ2) is 4.70. The van der Waals surface area contributed by atoms with E-state index < -0.39 is 0 Å². The number of imidazole rings is 1. The normalized spacial score (nSPS) is 24.5. The molecule has 1 aromatic heterocycles. The summed E-state index contributed by atoms with van der Waals surface area (Å²) in [4.78, 5) is 7.99. The van der Waals surface area contributed by atoms with Crippen molar-refractivity contribution in [2.45, 2.75) is 29.7 Å². The Morgan fingerprint density at radius 1 is 1.35 bits per heavy atom. The lowest BCUT2D eigenvalue weighted by atomic mass is 10.1. The van der Waals surface area contributed by atoms with Gasteiger partial charge in [0.2, 0.25) is 0 Å². The minimum atomic E-state index is 0.639. The molecule has 1 saturated carbocycles. The van der Waals surface area contributed by atoms with Crippen LogP contribution in [0.25, 0.3) is 11.0 Å². The van der Waals surface area contributed by atoms with E-state index in [-0.39, 0.29) is 0 Å². The highest BCUT2D eigenvalue weighted by Crippen LogP contribution is 2.37. The number of nitrogens with two attached hydrogens (primary N) is 1. The summed E-state index contributed by atoms with van der Waals surface area (Å²) >= 11 is 1.86. The van der Waals surface area contributed by atoms with Gasteiger partial charge in [0.1, 0.15) is 0 Å². The SMILES string of the molecule is NCC1CCCC1Sc1nc2ccccc2[nH]1. The van der Waals surface area contributed by atoms with Gasteiger partial charge in [0.05, 0.1) is 11.0 Å². The van der Waals surface area contributed by atoms with E-state index in [4.69, 9.17) is 5.73 Å². The fourth-order valence-electron chi connectivity index (χ4n) is 2.56. The van der Waals surface area contributed by atoms with Gasteiger partial charge in [-0.3, -0.25) is 0 Å². The third kappa shape index (κ3) is 2.19. The average Bonchev–Trinajstić information content (AvgIpc) is 2.94. The van der Waals surface area contributed by atoms with Crippen LogP contribution < -0.4 is 5.73 Å². The molecule has 0 aliphatic heterocycles. The fourth-order valence-corrected chi connectivity index (χ4v) is 3.89. The second-order valence-electron chi connectivity index (χ2n) is 4.64. The van der Waals surface area contributed by atoms with E-state index in [0.717, 1.165) is 22.7 Å².